The van der Waals surface area contributed by atoms with Crippen molar-refractivity contribution < 1.29 is 4.79 Å². The summed E-state index contributed by atoms with van der Waals surface area (Å²) < 4.78 is 0. The molecule has 0 amide bonds. The molecule has 3 atom stereocenters. The quantitative estimate of drug-likeness (QED) is 0.792. The maximum absolute atomic E-state index is 12.0. The van der Waals surface area contributed by atoms with Gasteiger partial charge in [0.25, 0.3) is 0 Å². The van der Waals surface area contributed by atoms with Gasteiger partial charge < -0.3 is 5.32 Å². The molecular formula is C12H19NOS. The van der Waals surface area contributed by atoms with Gasteiger partial charge in [-0.15, -0.1) is 11.8 Å². The zero-order valence-electron chi connectivity index (χ0n) is 9.08. The number of ketones is 1. The first kappa shape index (κ1) is 10.2. The van der Waals surface area contributed by atoms with Crippen molar-refractivity contribution in [3.8, 4) is 0 Å². The highest BCUT2D eigenvalue weighted by Gasteiger charge is 2.46. The van der Waals surface area contributed by atoms with Crippen LogP contribution in [-0.4, -0.2) is 29.9 Å². The van der Waals surface area contributed by atoms with Crippen LogP contribution in [0, 0.1) is 17.8 Å². The van der Waals surface area contributed by atoms with Gasteiger partial charge in [-0.3, -0.25) is 4.79 Å². The molecule has 1 N–H and O–H groups in total. The molecule has 3 aliphatic rings. The van der Waals surface area contributed by atoms with Gasteiger partial charge >= 0.3 is 0 Å². The lowest BCUT2D eigenvalue weighted by atomic mass is 9.96. The van der Waals surface area contributed by atoms with E-state index < -0.39 is 0 Å². The van der Waals surface area contributed by atoms with Crippen LogP contribution in [0.25, 0.3) is 0 Å². The fourth-order valence-electron chi connectivity index (χ4n) is 3.20. The highest BCUT2D eigenvalue weighted by molar-refractivity contribution is 8.00. The summed E-state index contributed by atoms with van der Waals surface area (Å²) in [5, 5.41) is 3.58. The molecule has 2 saturated carbocycles. The number of fused-ring (bicyclic) bond motifs is 1. The Bertz CT molecular complexity index is 252. The normalized spacial score (nSPS) is 43.7. The molecule has 3 rings (SSSR count). The second-order valence-electron chi connectivity index (χ2n) is 5.33. The molecule has 0 aromatic carbocycles. The number of hydrogen-bond acceptors (Lipinski definition) is 3. The Hall–Kier alpha value is -0.0200. The van der Waals surface area contributed by atoms with E-state index in [1.54, 1.807) is 0 Å². The van der Waals surface area contributed by atoms with E-state index in [-0.39, 0.29) is 5.25 Å². The molecule has 1 saturated heterocycles. The van der Waals surface area contributed by atoms with Crippen LogP contribution < -0.4 is 5.32 Å². The molecule has 0 spiro atoms. The summed E-state index contributed by atoms with van der Waals surface area (Å²) in [5.41, 5.74) is 0. The van der Waals surface area contributed by atoms with Crippen LogP contribution in [0.5, 0.6) is 0 Å². The molecule has 0 aromatic heterocycles. The summed E-state index contributed by atoms with van der Waals surface area (Å²) in [5.74, 6) is 4.38. The second kappa shape index (κ2) is 4.10. The van der Waals surface area contributed by atoms with Gasteiger partial charge in [-0.05, 0) is 37.0 Å². The van der Waals surface area contributed by atoms with E-state index >= 15 is 0 Å². The molecule has 3 fully saturated rings. The third-order valence-electron chi connectivity index (χ3n) is 4.12. The molecule has 0 radical (unpaired) electrons. The van der Waals surface area contributed by atoms with E-state index in [2.05, 4.69) is 5.32 Å². The maximum Gasteiger partial charge on any atom is 0.147 e. The fourth-order valence-corrected chi connectivity index (χ4v) is 4.26. The SMILES string of the molecule is O=C(CC1CC2CC2C1)C1CNCCS1. The van der Waals surface area contributed by atoms with Crippen molar-refractivity contribution in [2.24, 2.45) is 17.8 Å². The number of Topliss-reactive ketones (excluding diaryl/α,β-unsaturated/α-hetero) is 1. The molecule has 1 aliphatic heterocycles. The van der Waals surface area contributed by atoms with E-state index in [0.29, 0.717) is 5.78 Å². The van der Waals surface area contributed by atoms with Crippen LogP contribution >= 0.6 is 11.8 Å². The summed E-state index contributed by atoms with van der Waals surface area (Å²) in [6.07, 6.45) is 5.03. The van der Waals surface area contributed by atoms with Crippen molar-refractivity contribution >= 4 is 17.5 Å². The minimum atomic E-state index is 0.260. The van der Waals surface area contributed by atoms with Gasteiger partial charge in [0, 0.05) is 25.3 Å². The lowest BCUT2D eigenvalue weighted by molar-refractivity contribution is -0.119. The van der Waals surface area contributed by atoms with Gasteiger partial charge in [-0.1, -0.05) is 0 Å². The predicted octanol–water partition coefficient (Wildman–Crippen LogP) is 1.70. The fraction of sp³-hybridized carbons (Fsp3) is 0.917. The molecule has 84 valence electrons. The maximum atomic E-state index is 12.0. The average molecular weight is 225 g/mol. The molecule has 3 unspecified atom stereocenters. The monoisotopic (exact) mass is 225 g/mol. The van der Waals surface area contributed by atoms with Crippen LogP contribution in [0.2, 0.25) is 0 Å². The molecule has 15 heavy (non-hydrogen) atoms. The molecule has 2 aliphatic carbocycles. The molecule has 0 aromatic rings. The first-order chi connectivity index (χ1) is 7.33. The van der Waals surface area contributed by atoms with Crippen molar-refractivity contribution in [1.29, 1.82) is 0 Å². The summed E-state index contributed by atoms with van der Waals surface area (Å²) in [6.45, 7) is 1.98. The summed E-state index contributed by atoms with van der Waals surface area (Å²) in [6, 6.07) is 0. The Morgan fingerprint density at radius 3 is 2.73 bits per heavy atom. The first-order valence-electron chi connectivity index (χ1n) is 6.18. The Morgan fingerprint density at radius 2 is 2.07 bits per heavy atom. The average Bonchev–Trinajstić information content (AvgIpc) is 2.88. The van der Waals surface area contributed by atoms with Gasteiger partial charge in [0.2, 0.25) is 0 Å². The molecule has 3 heteroatoms. The largest absolute Gasteiger partial charge is 0.314 e. The van der Waals surface area contributed by atoms with Crippen LogP contribution in [0.3, 0.4) is 0 Å². The summed E-state index contributed by atoms with van der Waals surface area (Å²) in [4.78, 5) is 12.0. The molecule has 2 nitrogen and oxygen atoms in total. The van der Waals surface area contributed by atoms with E-state index in [4.69, 9.17) is 0 Å². The summed E-state index contributed by atoms with van der Waals surface area (Å²) in [7, 11) is 0. The van der Waals surface area contributed by atoms with Gasteiger partial charge in [-0.25, -0.2) is 0 Å². The Balaban J connectivity index is 1.47. The molecular weight excluding hydrogens is 206 g/mol. The van der Waals surface area contributed by atoms with E-state index in [1.807, 2.05) is 11.8 Å². The van der Waals surface area contributed by atoms with Crippen molar-refractivity contribution in [2.45, 2.75) is 30.9 Å². The highest BCUT2D eigenvalue weighted by atomic mass is 32.2. The third kappa shape index (κ3) is 2.23. The highest BCUT2D eigenvalue weighted by Crippen LogP contribution is 2.55. The number of carbonyl (C=O) groups excluding carboxylic acids is 1. The van der Waals surface area contributed by atoms with Crippen LogP contribution in [0.4, 0.5) is 0 Å². The van der Waals surface area contributed by atoms with Crippen LogP contribution in [0.1, 0.15) is 25.7 Å². The summed E-state index contributed by atoms with van der Waals surface area (Å²) >= 11 is 1.85. The van der Waals surface area contributed by atoms with Gasteiger partial charge in [0.15, 0.2) is 0 Å². The minimum absolute atomic E-state index is 0.260. The van der Waals surface area contributed by atoms with Crippen molar-refractivity contribution in [2.75, 3.05) is 18.8 Å². The zero-order chi connectivity index (χ0) is 10.3. The van der Waals surface area contributed by atoms with Crippen molar-refractivity contribution in [1.82, 2.24) is 5.32 Å². The molecule has 1 heterocycles. The first-order valence-corrected chi connectivity index (χ1v) is 7.23. The zero-order valence-corrected chi connectivity index (χ0v) is 9.89. The number of hydrogen-bond donors (Lipinski definition) is 1. The van der Waals surface area contributed by atoms with Gasteiger partial charge in [-0.2, -0.15) is 0 Å². The second-order valence-corrected chi connectivity index (χ2v) is 6.64. The lowest BCUT2D eigenvalue weighted by Gasteiger charge is -2.22. The third-order valence-corrected chi connectivity index (χ3v) is 5.39. The standard InChI is InChI=1S/C12H19NOS/c14-11(12-7-13-1-2-15-12)5-8-3-9-6-10(9)4-8/h8-10,12-13H,1-7H2. The van der Waals surface area contributed by atoms with E-state index in [1.165, 1.54) is 19.3 Å². The Morgan fingerprint density at radius 1 is 1.27 bits per heavy atom. The Kier molecular flexibility index (Phi) is 2.77. The number of rotatable bonds is 3. The van der Waals surface area contributed by atoms with E-state index in [9.17, 15) is 4.79 Å². The van der Waals surface area contributed by atoms with Crippen LogP contribution in [0.15, 0.2) is 0 Å². The Labute approximate surface area is 95.6 Å². The smallest absolute Gasteiger partial charge is 0.147 e. The minimum Gasteiger partial charge on any atom is -0.314 e. The predicted molar refractivity (Wildman–Crippen MR) is 63.1 cm³/mol. The topological polar surface area (TPSA) is 29.1 Å². The van der Waals surface area contributed by atoms with Crippen molar-refractivity contribution in [3.05, 3.63) is 0 Å². The lowest BCUT2D eigenvalue weighted by Crippen LogP contribution is -2.38. The number of nitrogens with one attached hydrogen (secondary N) is 1. The van der Waals surface area contributed by atoms with E-state index in [0.717, 1.165) is 43.0 Å². The molecule has 0 bridgehead atoms. The van der Waals surface area contributed by atoms with Gasteiger partial charge in [0.1, 0.15) is 5.78 Å². The number of thioether (sulfide) groups is 1. The number of carbonyl (C=O) groups is 1. The van der Waals surface area contributed by atoms with Gasteiger partial charge in [0.05, 0.1) is 5.25 Å². The van der Waals surface area contributed by atoms with Crippen LogP contribution in [-0.2, 0) is 4.79 Å². The van der Waals surface area contributed by atoms with Crippen molar-refractivity contribution in [3.63, 3.8) is 0 Å².